The van der Waals surface area contributed by atoms with Gasteiger partial charge in [0, 0.05) is 6.42 Å². The van der Waals surface area contributed by atoms with Crippen LogP contribution in [-0.4, -0.2) is 26.6 Å². The van der Waals surface area contributed by atoms with Crippen molar-refractivity contribution in [1.82, 2.24) is 0 Å². The fourth-order valence-electron chi connectivity index (χ4n) is 2.74. The van der Waals surface area contributed by atoms with Crippen LogP contribution in [0.15, 0.2) is 24.3 Å². The lowest BCUT2D eigenvalue weighted by molar-refractivity contribution is 0.122. The van der Waals surface area contributed by atoms with E-state index in [1.165, 1.54) is 23.7 Å². The molecule has 1 rings (SSSR count). The highest BCUT2D eigenvalue weighted by molar-refractivity contribution is 6.73. The Kier molecular flexibility index (Phi) is 6.02. The molecule has 1 fully saturated rings. The van der Waals surface area contributed by atoms with Crippen molar-refractivity contribution in [2.75, 3.05) is 6.61 Å². The SMILES string of the molecule is C=C(C)C[C@]1([C@@H](/C=C/C)O[Si](CC)(CC)CC)CO1. The molecule has 0 N–H and O–H groups in total. The maximum atomic E-state index is 6.64. The summed E-state index contributed by atoms with van der Waals surface area (Å²) >= 11 is 0. The van der Waals surface area contributed by atoms with Gasteiger partial charge in [-0.05, 0) is 32.0 Å². The molecule has 3 heteroatoms. The molecule has 0 unspecified atom stereocenters. The minimum atomic E-state index is -1.60. The van der Waals surface area contributed by atoms with Gasteiger partial charge in [0.25, 0.3) is 0 Å². The average Bonchev–Trinajstić information content (AvgIpc) is 3.15. The Morgan fingerprint density at radius 2 is 1.89 bits per heavy atom. The zero-order valence-electron chi connectivity index (χ0n) is 13.3. The Bertz CT molecular complexity index is 319. The molecule has 0 amide bonds. The van der Waals surface area contributed by atoms with Crippen LogP contribution in [0.4, 0.5) is 0 Å². The molecule has 0 aromatic carbocycles. The number of ether oxygens (including phenoxy) is 1. The number of epoxide rings is 1. The first-order chi connectivity index (χ1) is 8.97. The van der Waals surface area contributed by atoms with Crippen LogP contribution in [-0.2, 0) is 9.16 Å². The van der Waals surface area contributed by atoms with Crippen LogP contribution in [0, 0.1) is 0 Å². The predicted octanol–water partition coefficient (Wildman–Crippen LogP) is 4.69. The van der Waals surface area contributed by atoms with Crippen LogP contribution < -0.4 is 0 Å². The monoisotopic (exact) mass is 282 g/mol. The highest BCUT2D eigenvalue weighted by Crippen LogP contribution is 2.41. The molecule has 0 bridgehead atoms. The summed E-state index contributed by atoms with van der Waals surface area (Å²) in [6.07, 6.45) is 5.27. The third kappa shape index (κ3) is 4.04. The van der Waals surface area contributed by atoms with Crippen LogP contribution in [0.1, 0.15) is 41.0 Å². The molecule has 1 aliphatic heterocycles. The van der Waals surface area contributed by atoms with Gasteiger partial charge in [-0.25, -0.2) is 0 Å². The lowest BCUT2D eigenvalue weighted by Crippen LogP contribution is -2.45. The van der Waals surface area contributed by atoms with Gasteiger partial charge in [-0.1, -0.05) is 38.5 Å². The molecule has 0 spiro atoms. The van der Waals surface area contributed by atoms with Crippen molar-refractivity contribution < 1.29 is 9.16 Å². The summed E-state index contributed by atoms with van der Waals surface area (Å²) in [5, 5.41) is 0. The van der Waals surface area contributed by atoms with E-state index in [9.17, 15) is 0 Å². The highest BCUT2D eigenvalue weighted by atomic mass is 28.4. The lowest BCUT2D eigenvalue weighted by atomic mass is 9.95. The van der Waals surface area contributed by atoms with Gasteiger partial charge in [0.1, 0.15) is 5.60 Å². The molecule has 19 heavy (non-hydrogen) atoms. The molecule has 1 aliphatic rings. The summed E-state index contributed by atoms with van der Waals surface area (Å²) in [6, 6.07) is 3.53. The standard InChI is InChI=1S/C16H30O2Si/c1-7-11-15(16(13-17-16)12-14(5)6)18-19(8-2,9-3)10-4/h7,11,15H,5,8-10,12-13H2,1-4,6H3/b11-7+/t15-,16-/m1/s1. The Balaban J connectivity index is 2.87. The molecule has 0 radical (unpaired) electrons. The highest BCUT2D eigenvalue weighted by Gasteiger charge is 2.53. The first kappa shape index (κ1) is 16.7. The van der Waals surface area contributed by atoms with E-state index in [0.29, 0.717) is 0 Å². The van der Waals surface area contributed by atoms with Crippen molar-refractivity contribution in [2.24, 2.45) is 0 Å². The van der Waals surface area contributed by atoms with E-state index in [1.807, 2.05) is 0 Å². The summed E-state index contributed by atoms with van der Waals surface area (Å²) < 4.78 is 12.4. The first-order valence-corrected chi connectivity index (χ1v) is 10.1. The third-order valence-electron chi connectivity index (χ3n) is 4.31. The first-order valence-electron chi connectivity index (χ1n) is 7.56. The number of hydrogen-bond acceptors (Lipinski definition) is 2. The average molecular weight is 282 g/mol. The van der Waals surface area contributed by atoms with Gasteiger partial charge in [-0.3, -0.25) is 0 Å². The maximum Gasteiger partial charge on any atom is 0.193 e. The van der Waals surface area contributed by atoms with Gasteiger partial charge >= 0.3 is 0 Å². The van der Waals surface area contributed by atoms with Crippen molar-refractivity contribution in [2.45, 2.75) is 70.9 Å². The van der Waals surface area contributed by atoms with Gasteiger partial charge < -0.3 is 9.16 Å². The van der Waals surface area contributed by atoms with Crippen molar-refractivity contribution in [3.05, 3.63) is 24.3 Å². The van der Waals surface area contributed by atoms with Gasteiger partial charge in [0.05, 0.1) is 12.7 Å². The fourth-order valence-corrected chi connectivity index (χ4v) is 5.57. The number of hydrogen-bond donors (Lipinski definition) is 0. The Labute approximate surface area is 120 Å². The van der Waals surface area contributed by atoms with E-state index in [4.69, 9.17) is 9.16 Å². The van der Waals surface area contributed by atoms with E-state index in [2.05, 4.69) is 53.3 Å². The summed E-state index contributed by atoms with van der Waals surface area (Å²) in [4.78, 5) is 0. The van der Waals surface area contributed by atoms with E-state index in [-0.39, 0.29) is 11.7 Å². The smallest absolute Gasteiger partial charge is 0.193 e. The van der Waals surface area contributed by atoms with E-state index < -0.39 is 8.32 Å². The van der Waals surface area contributed by atoms with E-state index in [1.54, 1.807) is 0 Å². The van der Waals surface area contributed by atoms with E-state index >= 15 is 0 Å². The predicted molar refractivity (Wildman–Crippen MR) is 85.0 cm³/mol. The summed E-state index contributed by atoms with van der Waals surface area (Å²) in [7, 11) is -1.60. The van der Waals surface area contributed by atoms with Crippen LogP contribution in [0.25, 0.3) is 0 Å². The zero-order valence-corrected chi connectivity index (χ0v) is 14.3. The van der Waals surface area contributed by atoms with Crippen molar-refractivity contribution >= 4 is 8.32 Å². The number of allylic oxidation sites excluding steroid dienone is 1. The topological polar surface area (TPSA) is 21.8 Å². The molecule has 0 aromatic rings. The third-order valence-corrected chi connectivity index (χ3v) is 8.93. The van der Waals surface area contributed by atoms with Crippen molar-refractivity contribution in [1.29, 1.82) is 0 Å². The van der Waals surface area contributed by atoms with Crippen molar-refractivity contribution in [3.8, 4) is 0 Å². The molecule has 1 heterocycles. The second-order valence-electron chi connectivity index (χ2n) is 5.80. The summed E-state index contributed by atoms with van der Waals surface area (Å²) in [6.45, 7) is 15.8. The Morgan fingerprint density at radius 3 is 2.21 bits per heavy atom. The fraction of sp³-hybridized carbons (Fsp3) is 0.750. The molecular weight excluding hydrogens is 252 g/mol. The minimum Gasteiger partial charge on any atom is -0.407 e. The molecule has 0 saturated carbocycles. The number of rotatable bonds is 9. The normalized spacial score (nSPS) is 24.7. The molecule has 0 aliphatic carbocycles. The largest absolute Gasteiger partial charge is 0.407 e. The molecule has 0 aromatic heterocycles. The van der Waals surface area contributed by atoms with Gasteiger partial charge in [0.15, 0.2) is 8.32 Å². The minimum absolute atomic E-state index is 0.0979. The van der Waals surface area contributed by atoms with Crippen LogP contribution >= 0.6 is 0 Å². The lowest BCUT2D eigenvalue weighted by Gasteiger charge is -2.34. The Hall–Kier alpha value is -0.383. The zero-order chi connectivity index (χ0) is 14.5. The summed E-state index contributed by atoms with van der Waals surface area (Å²) in [5.74, 6) is 0. The molecule has 2 atom stereocenters. The Morgan fingerprint density at radius 1 is 1.37 bits per heavy atom. The molecule has 2 nitrogen and oxygen atoms in total. The molecular formula is C16H30O2Si. The second kappa shape index (κ2) is 6.87. The van der Waals surface area contributed by atoms with Gasteiger partial charge in [-0.15, -0.1) is 6.58 Å². The summed E-state index contributed by atoms with van der Waals surface area (Å²) in [5.41, 5.74) is 1.04. The molecule has 1 saturated heterocycles. The van der Waals surface area contributed by atoms with Crippen LogP contribution in [0.2, 0.25) is 18.1 Å². The maximum absolute atomic E-state index is 6.64. The van der Waals surface area contributed by atoms with E-state index in [0.717, 1.165) is 13.0 Å². The second-order valence-corrected chi connectivity index (χ2v) is 10.5. The van der Waals surface area contributed by atoms with Crippen molar-refractivity contribution in [3.63, 3.8) is 0 Å². The van der Waals surface area contributed by atoms with Gasteiger partial charge in [0.2, 0.25) is 0 Å². The van der Waals surface area contributed by atoms with Crippen LogP contribution in [0.3, 0.4) is 0 Å². The quantitative estimate of drug-likeness (QED) is 0.348. The van der Waals surface area contributed by atoms with Gasteiger partial charge in [-0.2, -0.15) is 0 Å². The van der Waals surface area contributed by atoms with Crippen LogP contribution in [0.5, 0.6) is 0 Å². The molecule has 110 valence electrons.